The monoisotopic (exact) mass is 421 g/mol. The summed E-state index contributed by atoms with van der Waals surface area (Å²) in [4.78, 5) is 31.4. The van der Waals surface area contributed by atoms with Crippen LogP contribution in [0.5, 0.6) is 0 Å². The molecular weight excluding hydrogens is 398 g/mol. The molecule has 1 aliphatic heterocycles. The lowest BCUT2D eigenvalue weighted by Gasteiger charge is -2.34. The Morgan fingerprint density at radius 1 is 1.10 bits per heavy atom. The Morgan fingerprint density at radius 2 is 1.81 bits per heavy atom. The Bertz CT molecular complexity index is 1070. The highest BCUT2D eigenvalue weighted by Gasteiger charge is 2.23. The minimum absolute atomic E-state index is 0.0160. The zero-order chi connectivity index (χ0) is 21.8. The fourth-order valence-electron chi connectivity index (χ4n) is 3.60. The third-order valence-electron chi connectivity index (χ3n) is 5.49. The molecule has 160 valence electrons. The Balaban J connectivity index is 1.30. The molecule has 1 aromatic heterocycles. The molecule has 0 atom stereocenters. The lowest BCUT2D eigenvalue weighted by molar-refractivity contribution is -0.384. The van der Waals surface area contributed by atoms with Crippen molar-refractivity contribution in [3.8, 4) is 11.4 Å². The van der Waals surface area contributed by atoms with Gasteiger partial charge in [0.05, 0.1) is 17.9 Å². The molecule has 2 heterocycles. The molecule has 0 N–H and O–H groups in total. The Hall–Kier alpha value is -3.59. The number of piperazine rings is 1. The summed E-state index contributed by atoms with van der Waals surface area (Å²) in [6.07, 6.45) is 0.426. The van der Waals surface area contributed by atoms with E-state index in [2.05, 4.69) is 15.0 Å². The smallest absolute Gasteiger partial charge is 0.269 e. The number of nitrogens with zero attached hydrogens (tertiary/aromatic N) is 5. The standard InChI is InChI=1S/C22H23N5O4/c1-16-4-2-3-5-18(16)14-21(28)26-12-10-25(11-13-26)15-20-23-22(24-31-20)17-6-8-19(9-7-17)27(29)30/h2-9H,10-15H2,1H3. The van der Waals surface area contributed by atoms with E-state index in [-0.39, 0.29) is 11.6 Å². The predicted molar refractivity (Wildman–Crippen MR) is 113 cm³/mol. The number of nitro benzene ring substituents is 1. The molecule has 1 aliphatic rings. The van der Waals surface area contributed by atoms with E-state index in [4.69, 9.17) is 4.52 Å². The highest BCUT2D eigenvalue weighted by Crippen LogP contribution is 2.20. The van der Waals surface area contributed by atoms with E-state index in [9.17, 15) is 14.9 Å². The third-order valence-corrected chi connectivity index (χ3v) is 5.49. The normalized spacial score (nSPS) is 14.5. The number of hydrogen-bond donors (Lipinski definition) is 0. The predicted octanol–water partition coefficient (Wildman–Crippen LogP) is 2.84. The molecule has 9 heteroatoms. The molecule has 0 bridgehead atoms. The van der Waals surface area contributed by atoms with Gasteiger partial charge in [0.1, 0.15) is 0 Å². The number of aryl methyl sites for hydroxylation is 1. The van der Waals surface area contributed by atoms with Crippen LogP contribution in [0.15, 0.2) is 53.1 Å². The largest absolute Gasteiger partial charge is 0.340 e. The number of amides is 1. The number of nitro groups is 1. The van der Waals surface area contributed by atoms with E-state index >= 15 is 0 Å². The van der Waals surface area contributed by atoms with Gasteiger partial charge in [-0.1, -0.05) is 29.4 Å². The third kappa shape index (κ3) is 4.95. The minimum Gasteiger partial charge on any atom is -0.340 e. The summed E-state index contributed by atoms with van der Waals surface area (Å²) in [6.45, 7) is 5.31. The summed E-state index contributed by atoms with van der Waals surface area (Å²) in [5.74, 6) is 1.03. The van der Waals surface area contributed by atoms with Crippen LogP contribution in [0.1, 0.15) is 17.0 Å². The van der Waals surface area contributed by atoms with E-state index < -0.39 is 4.92 Å². The Morgan fingerprint density at radius 3 is 2.48 bits per heavy atom. The van der Waals surface area contributed by atoms with Gasteiger partial charge in [-0.05, 0) is 30.2 Å². The molecule has 4 rings (SSSR count). The van der Waals surface area contributed by atoms with Gasteiger partial charge in [0.2, 0.25) is 17.6 Å². The van der Waals surface area contributed by atoms with Crippen LogP contribution in [-0.2, 0) is 17.8 Å². The number of non-ortho nitro benzene ring substituents is 1. The van der Waals surface area contributed by atoms with Gasteiger partial charge in [-0.3, -0.25) is 19.8 Å². The van der Waals surface area contributed by atoms with E-state index in [0.29, 0.717) is 43.3 Å². The van der Waals surface area contributed by atoms with Crippen molar-refractivity contribution in [1.82, 2.24) is 19.9 Å². The van der Waals surface area contributed by atoms with E-state index in [1.54, 1.807) is 12.1 Å². The molecule has 9 nitrogen and oxygen atoms in total. The van der Waals surface area contributed by atoms with Crippen LogP contribution in [0, 0.1) is 17.0 Å². The maximum absolute atomic E-state index is 12.6. The first-order chi connectivity index (χ1) is 15.0. The van der Waals surface area contributed by atoms with Crippen molar-refractivity contribution < 1.29 is 14.2 Å². The van der Waals surface area contributed by atoms with E-state index in [0.717, 1.165) is 24.2 Å². The number of rotatable bonds is 6. The second-order valence-electron chi connectivity index (χ2n) is 7.58. The summed E-state index contributed by atoms with van der Waals surface area (Å²) >= 11 is 0. The number of benzene rings is 2. The van der Waals surface area contributed by atoms with Gasteiger partial charge in [-0.2, -0.15) is 4.98 Å². The molecule has 1 amide bonds. The van der Waals surface area contributed by atoms with Crippen molar-refractivity contribution in [3.05, 3.63) is 75.7 Å². The van der Waals surface area contributed by atoms with Gasteiger partial charge >= 0.3 is 0 Å². The Kier molecular flexibility index (Phi) is 6.03. The van der Waals surface area contributed by atoms with Gasteiger partial charge in [0.15, 0.2) is 0 Å². The fourth-order valence-corrected chi connectivity index (χ4v) is 3.60. The zero-order valence-corrected chi connectivity index (χ0v) is 17.2. The van der Waals surface area contributed by atoms with Crippen LogP contribution in [0.2, 0.25) is 0 Å². The molecule has 1 fully saturated rings. The van der Waals surface area contributed by atoms with E-state index in [1.165, 1.54) is 12.1 Å². The van der Waals surface area contributed by atoms with Crippen molar-refractivity contribution in [3.63, 3.8) is 0 Å². The summed E-state index contributed by atoms with van der Waals surface area (Å²) < 4.78 is 5.35. The van der Waals surface area contributed by atoms with Gasteiger partial charge in [0, 0.05) is 43.9 Å². The number of carbonyl (C=O) groups is 1. The van der Waals surface area contributed by atoms with Crippen molar-refractivity contribution in [1.29, 1.82) is 0 Å². The second-order valence-corrected chi connectivity index (χ2v) is 7.58. The summed E-state index contributed by atoms with van der Waals surface area (Å²) in [5, 5.41) is 14.7. The fraction of sp³-hybridized carbons (Fsp3) is 0.318. The highest BCUT2D eigenvalue weighted by molar-refractivity contribution is 5.79. The molecule has 1 saturated heterocycles. The molecule has 31 heavy (non-hydrogen) atoms. The van der Waals surface area contributed by atoms with Crippen LogP contribution in [0.25, 0.3) is 11.4 Å². The number of hydrogen-bond acceptors (Lipinski definition) is 7. The minimum atomic E-state index is -0.448. The van der Waals surface area contributed by atoms with Crippen LogP contribution in [-0.4, -0.2) is 56.9 Å². The van der Waals surface area contributed by atoms with E-state index in [1.807, 2.05) is 36.1 Å². The van der Waals surface area contributed by atoms with Gasteiger partial charge in [-0.25, -0.2) is 0 Å². The Labute approximate surface area is 179 Å². The molecule has 2 aromatic carbocycles. The molecule has 0 aliphatic carbocycles. The SMILES string of the molecule is Cc1ccccc1CC(=O)N1CCN(Cc2nc(-c3ccc([N+](=O)[O-])cc3)no2)CC1. The molecule has 3 aromatic rings. The van der Waals surface area contributed by atoms with Crippen LogP contribution in [0.4, 0.5) is 5.69 Å². The topological polar surface area (TPSA) is 106 Å². The van der Waals surface area contributed by atoms with Crippen LogP contribution < -0.4 is 0 Å². The first kappa shape index (κ1) is 20.7. The van der Waals surface area contributed by atoms with Crippen molar-refractivity contribution in [2.75, 3.05) is 26.2 Å². The molecule has 0 unspecified atom stereocenters. The first-order valence-corrected chi connectivity index (χ1v) is 10.1. The number of carbonyl (C=O) groups excluding carboxylic acids is 1. The van der Waals surface area contributed by atoms with Crippen molar-refractivity contribution in [2.45, 2.75) is 19.9 Å². The van der Waals surface area contributed by atoms with Crippen molar-refractivity contribution >= 4 is 11.6 Å². The van der Waals surface area contributed by atoms with Gasteiger partial charge in [-0.15, -0.1) is 0 Å². The average Bonchev–Trinajstić information content (AvgIpc) is 3.24. The quantitative estimate of drug-likeness (QED) is 0.445. The zero-order valence-electron chi connectivity index (χ0n) is 17.2. The highest BCUT2D eigenvalue weighted by atomic mass is 16.6. The first-order valence-electron chi connectivity index (χ1n) is 10.1. The molecule has 0 spiro atoms. The second kappa shape index (κ2) is 9.05. The maximum atomic E-state index is 12.6. The average molecular weight is 421 g/mol. The van der Waals surface area contributed by atoms with Crippen LogP contribution in [0.3, 0.4) is 0 Å². The van der Waals surface area contributed by atoms with Gasteiger partial charge < -0.3 is 9.42 Å². The lowest BCUT2D eigenvalue weighted by atomic mass is 10.1. The van der Waals surface area contributed by atoms with Crippen LogP contribution >= 0.6 is 0 Å². The summed E-state index contributed by atoms with van der Waals surface area (Å²) in [5.41, 5.74) is 2.88. The van der Waals surface area contributed by atoms with Gasteiger partial charge in [0.25, 0.3) is 5.69 Å². The molecule has 0 saturated carbocycles. The summed E-state index contributed by atoms with van der Waals surface area (Å²) in [7, 11) is 0. The van der Waals surface area contributed by atoms with Crippen molar-refractivity contribution in [2.24, 2.45) is 0 Å². The maximum Gasteiger partial charge on any atom is 0.269 e. The lowest BCUT2D eigenvalue weighted by Crippen LogP contribution is -2.48. The summed E-state index contributed by atoms with van der Waals surface area (Å²) in [6, 6.07) is 14.0. The molecular formula is C22H23N5O4. The number of aromatic nitrogens is 2. The molecule has 0 radical (unpaired) electrons.